The summed E-state index contributed by atoms with van der Waals surface area (Å²) in [4.78, 5) is 2.39. The quantitative estimate of drug-likeness (QED) is 0.733. The predicted molar refractivity (Wildman–Crippen MR) is 85.2 cm³/mol. The highest BCUT2D eigenvalue weighted by Gasteiger charge is 2.38. The highest BCUT2D eigenvalue weighted by molar-refractivity contribution is 4.89. The third-order valence-corrected chi connectivity index (χ3v) is 6.17. The van der Waals surface area contributed by atoms with E-state index in [1.54, 1.807) is 0 Å². The van der Waals surface area contributed by atoms with Gasteiger partial charge in [-0.3, -0.25) is 0 Å². The molecule has 1 heterocycles. The maximum atomic E-state index is 10.1. The Bertz CT molecular complexity index is 314. The number of aliphatic hydroxyl groups excluding tert-OH is 1. The van der Waals surface area contributed by atoms with Gasteiger partial charge in [0.1, 0.15) is 0 Å². The molecular formula is C18H33NO2. The van der Waals surface area contributed by atoms with Crippen LogP contribution in [0.1, 0.15) is 51.9 Å². The zero-order valence-corrected chi connectivity index (χ0v) is 13.7. The third kappa shape index (κ3) is 4.43. The fraction of sp³-hybridized carbons (Fsp3) is 1.00. The Morgan fingerprint density at radius 3 is 2.62 bits per heavy atom. The topological polar surface area (TPSA) is 32.7 Å². The molecule has 21 heavy (non-hydrogen) atoms. The Morgan fingerprint density at radius 2 is 1.95 bits per heavy atom. The predicted octanol–water partition coefficient (Wildman–Crippen LogP) is 2.92. The van der Waals surface area contributed by atoms with E-state index in [0.29, 0.717) is 6.61 Å². The highest BCUT2D eigenvalue weighted by atomic mass is 16.5. The molecule has 3 heteroatoms. The van der Waals surface area contributed by atoms with Crippen LogP contribution in [0, 0.1) is 23.7 Å². The molecule has 0 aromatic rings. The van der Waals surface area contributed by atoms with Gasteiger partial charge < -0.3 is 14.7 Å². The van der Waals surface area contributed by atoms with Gasteiger partial charge in [-0.2, -0.15) is 0 Å². The van der Waals surface area contributed by atoms with Gasteiger partial charge in [-0.1, -0.05) is 13.3 Å². The van der Waals surface area contributed by atoms with Crippen molar-refractivity contribution in [2.75, 3.05) is 32.8 Å². The number of fused-ring (bicyclic) bond motifs is 2. The zero-order valence-electron chi connectivity index (χ0n) is 13.7. The Labute approximate surface area is 130 Å². The molecule has 4 atom stereocenters. The average Bonchev–Trinajstić information content (AvgIpc) is 3.09. The number of hydrogen-bond donors (Lipinski definition) is 1. The Morgan fingerprint density at radius 1 is 1.14 bits per heavy atom. The number of β-amino-alcohol motifs (C(OH)–C–C–N with tert-alkyl or cyclic N) is 1. The van der Waals surface area contributed by atoms with Crippen LogP contribution in [0.5, 0.6) is 0 Å². The van der Waals surface area contributed by atoms with Gasteiger partial charge in [0, 0.05) is 13.2 Å². The molecule has 2 saturated carbocycles. The van der Waals surface area contributed by atoms with E-state index in [1.807, 2.05) is 0 Å². The summed E-state index contributed by atoms with van der Waals surface area (Å²) in [6.45, 7) is 6.77. The largest absolute Gasteiger partial charge is 0.389 e. The normalized spacial score (nSPS) is 35.4. The second kappa shape index (κ2) is 7.43. The van der Waals surface area contributed by atoms with Crippen molar-refractivity contribution < 1.29 is 9.84 Å². The summed E-state index contributed by atoms with van der Waals surface area (Å²) in [6.07, 6.45) is 9.34. The van der Waals surface area contributed by atoms with Crippen molar-refractivity contribution in [1.29, 1.82) is 0 Å². The lowest BCUT2D eigenvalue weighted by molar-refractivity contribution is 0.00593. The molecule has 0 amide bonds. The third-order valence-electron chi connectivity index (χ3n) is 6.17. The van der Waals surface area contributed by atoms with E-state index in [-0.39, 0.29) is 6.10 Å². The Kier molecular flexibility index (Phi) is 5.58. The van der Waals surface area contributed by atoms with E-state index in [0.717, 1.165) is 49.9 Å². The van der Waals surface area contributed by atoms with Crippen molar-refractivity contribution in [2.45, 2.75) is 58.0 Å². The zero-order chi connectivity index (χ0) is 14.7. The molecule has 1 aliphatic heterocycles. The van der Waals surface area contributed by atoms with Crippen LogP contribution in [-0.4, -0.2) is 49.0 Å². The second-order valence-electron chi connectivity index (χ2n) is 7.94. The van der Waals surface area contributed by atoms with Crippen LogP contribution < -0.4 is 0 Å². The summed E-state index contributed by atoms with van der Waals surface area (Å²) in [5.74, 6) is 3.81. The number of rotatable bonds is 7. The minimum Gasteiger partial charge on any atom is -0.389 e. The first-order chi connectivity index (χ1) is 10.2. The summed E-state index contributed by atoms with van der Waals surface area (Å²) >= 11 is 0. The first-order valence-corrected chi connectivity index (χ1v) is 9.19. The van der Waals surface area contributed by atoms with E-state index in [2.05, 4.69) is 11.8 Å². The van der Waals surface area contributed by atoms with Gasteiger partial charge in [0.15, 0.2) is 0 Å². The molecule has 0 radical (unpaired) electrons. The van der Waals surface area contributed by atoms with Gasteiger partial charge in [-0.15, -0.1) is 0 Å². The lowest BCUT2D eigenvalue weighted by Gasteiger charge is -2.31. The molecule has 1 saturated heterocycles. The molecule has 0 aromatic heterocycles. The van der Waals surface area contributed by atoms with E-state index >= 15 is 0 Å². The lowest BCUT2D eigenvalue weighted by atomic mass is 9.87. The molecule has 3 fully saturated rings. The van der Waals surface area contributed by atoms with Gasteiger partial charge in [0.05, 0.1) is 12.7 Å². The highest BCUT2D eigenvalue weighted by Crippen LogP contribution is 2.49. The molecule has 2 bridgehead atoms. The van der Waals surface area contributed by atoms with Crippen molar-refractivity contribution in [2.24, 2.45) is 23.7 Å². The molecule has 0 aromatic carbocycles. The van der Waals surface area contributed by atoms with Crippen LogP contribution in [0.25, 0.3) is 0 Å². The minimum atomic E-state index is -0.307. The Balaban J connectivity index is 1.24. The van der Waals surface area contributed by atoms with Crippen molar-refractivity contribution >= 4 is 0 Å². The number of ether oxygens (including phenoxy) is 1. The Hall–Kier alpha value is -0.120. The van der Waals surface area contributed by atoms with Gasteiger partial charge >= 0.3 is 0 Å². The fourth-order valence-corrected chi connectivity index (χ4v) is 4.78. The van der Waals surface area contributed by atoms with Crippen LogP contribution in [0.15, 0.2) is 0 Å². The molecule has 2 aliphatic carbocycles. The maximum Gasteiger partial charge on any atom is 0.0900 e. The summed E-state index contributed by atoms with van der Waals surface area (Å²) in [7, 11) is 0. The van der Waals surface area contributed by atoms with E-state index < -0.39 is 0 Å². The SMILES string of the molecule is CC1CCN(C[C@@H](O)COCC[C@@H]2C[C@H]3CC[C@H]2C3)CC1. The van der Waals surface area contributed by atoms with Crippen LogP contribution in [0.4, 0.5) is 0 Å². The molecule has 0 spiro atoms. The van der Waals surface area contributed by atoms with Gasteiger partial charge in [0.25, 0.3) is 0 Å². The van der Waals surface area contributed by atoms with Gasteiger partial charge in [0.2, 0.25) is 0 Å². The summed E-state index contributed by atoms with van der Waals surface area (Å²) < 4.78 is 5.75. The van der Waals surface area contributed by atoms with Crippen molar-refractivity contribution in [3.8, 4) is 0 Å². The fourth-order valence-electron chi connectivity index (χ4n) is 4.78. The van der Waals surface area contributed by atoms with Crippen LogP contribution in [0.2, 0.25) is 0 Å². The van der Waals surface area contributed by atoms with E-state index in [9.17, 15) is 5.11 Å². The first kappa shape index (κ1) is 15.8. The standard InChI is InChI=1S/C18H33NO2/c1-14-4-7-19(8-5-14)12-18(20)13-21-9-6-17-11-15-2-3-16(17)10-15/h14-18,20H,2-13H2,1H3/t15-,16-,17+,18+/m0/s1. The van der Waals surface area contributed by atoms with Crippen LogP contribution in [-0.2, 0) is 4.74 Å². The summed E-state index contributed by atoms with van der Waals surface area (Å²) in [5.41, 5.74) is 0. The number of hydrogen-bond acceptors (Lipinski definition) is 3. The molecule has 1 N–H and O–H groups in total. The van der Waals surface area contributed by atoms with Gasteiger partial charge in [-0.05, 0) is 75.3 Å². The van der Waals surface area contributed by atoms with E-state index in [1.165, 1.54) is 44.9 Å². The molecule has 122 valence electrons. The molecule has 3 rings (SSSR count). The van der Waals surface area contributed by atoms with Crippen molar-refractivity contribution in [3.63, 3.8) is 0 Å². The summed E-state index contributed by atoms with van der Waals surface area (Å²) in [6, 6.07) is 0. The molecular weight excluding hydrogens is 262 g/mol. The van der Waals surface area contributed by atoms with Crippen molar-refractivity contribution in [1.82, 2.24) is 4.90 Å². The number of aliphatic hydroxyl groups is 1. The lowest BCUT2D eigenvalue weighted by Crippen LogP contribution is -2.39. The average molecular weight is 295 g/mol. The number of nitrogens with zero attached hydrogens (tertiary/aromatic N) is 1. The minimum absolute atomic E-state index is 0.307. The summed E-state index contributed by atoms with van der Waals surface area (Å²) in [5, 5.41) is 10.1. The molecule has 0 unspecified atom stereocenters. The molecule has 3 nitrogen and oxygen atoms in total. The number of likely N-dealkylation sites (tertiary alicyclic amines) is 1. The van der Waals surface area contributed by atoms with Crippen LogP contribution >= 0.6 is 0 Å². The first-order valence-electron chi connectivity index (χ1n) is 9.19. The van der Waals surface area contributed by atoms with Crippen LogP contribution in [0.3, 0.4) is 0 Å². The van der Waals surface area contributed by atoms with Gasteiger partial charge in [-0.25, -0.2) is 0 Å². The van der Waals surface area contributed by atoms with Crippen molar-refractivity contribution in [3.05, 3.63) is 0 Å². The second-order valence-corrected chi connectivity index (χ2v) is 7.94. The molecule has 3 aliphatic rings. The van der Waals surface area contributed by atoms with E-state index in [4.69, 9.17) is 4.74 Å². The maximum absolute atomic E-state index is 10.1. The monoisotopic (exact) mass is 295 g/mol. The number of piperidine rings is 1. The smallest absolute Gasteiger partial charge is 0.0900 e.